The summed E-state index contributed by atoms with van der Waals surface area (Å²) < 4.78 is 2.42. The number of hydrogen-bond acceptors (Lipinski definition) is 4. The average Bonchev–Trinajstić information content (AvgIpc) is 2.71. The van der Waals surface area contributed by atoms with Crippen molar-refractivity contribution in [1.29, 1.82) is 0 Å². The van der Waals surface area contributed by atoms with Gasteiger partial charge >= 0.3 is 0 Å². The first-order valence-electron chi connectivity index (χ1n) is 3.40. The third-order valence-corrected chi connectivity index (χ3v) is 2.60. The van der Waals surface area contributed by atoms with E-state index in [1.807, 2.05) is 0 Å². The second-order valence-corrected chi connectivity index (χ2v) is 4.06. The van der Waals surface area contributed by atoms with Gasteiger partial charge in [0.05, 0.1) is 16.2 Å². The molecule has 2 rings (SSSR count). The van der Waals surface area contributed by atoms with Crippen LogP contribution in [0.3, 0.4) is 0 Å². The van der Waals surface area contributed by atoms with Crippen LogP contribution in [0.25, 0.3) is 5.82 Å². The smallest absolute Gasteiger partial charge is 0.174 e. The molecule has 0 spiro atoms. The monoisotopic (exact) mass is 257 g/mol. The summed E-state index contributed by atoms with van der Waals surface area (Å²) in [5, 5.41) is 4.02. The van der Waals surface area contributed by atoms with Gasteiger partial charge in [0.2, 0.25) is 0 Å². The highest BCUT2D eigenvalue weighted by Crippen LogP contribution is 2.16. The fourth-order valence-corrected chi connectivity index (χ4v) is 1.78. The van der Waals surface area contributed by atoms with E-state index in [1.165, 1.54) is 11.3 Å². The maximum Gasteiger partial charge on any atom is 0.174 e. The van der Waals surface area contributed by atoms with Gasteiger partial charge in [0.1, 0.15) is 4.88 Å². The number of carbonyl (C=O) groups is 1. The summed E-state index contributed by atoms with van der Waals surface area (Å²) in [5.74, 6) is 0.575. The largest absolute Gasteiger partial charge is 0.297 e. The van der Waals surface area contributed by atoms with E-state index >= 15 is 0 Å². The third-order valence-electron chi connectivity index (χ3n) is 1.45. The first kappa shape index (κ1) is 8.58. The predicted octanol–water partition coefficient (Wildman–Crippen LogP) is 1.90. The van der Waals surface area contributed by atoms with Gasteiger partial charge in [-0.1, -0.05) is 0 Å². The van der Waals surface area contributed by atoms with Gasteiger partial charge < -0.3 is 0 Å². The molecule has 0 bridgehead atoms. The highest BCUT2D eigenvalue weighted by molar-refractivity contribution is 9.10. The van der Waals surface area contributed by atoms with Crippen LogP contribution in [0.2, 0.25) is 0 Å². The van der Waals surface area contributed by atoms with E-state index < -0.39 is 0 Å². The molecule has 0 aliphatic heterocycles. The Balaban J connectivity index is 2.51. The number of thiazole rings is 1. The quantitative estimate of drug-likeness (QED) is 0.773. The Hall–Kier alpha value is -1.01. The van der Waals surface area contributed by atoms with Crippen molar-refractivity contribution in [3.8, 4) is 5.82 Å². The molecule has 13 heavy (non-hydrogen) atoms. The van der Waals surface area contributed by atoms with Gasteiger partial charge in [0.15, 0.2) is 12.1 Å². The van der Waals surface area contributed by atoms with Crippen LogP contribution in [0.1, 0.15) is 9.67 Å². The normalized spacial score (nSPS) is 10.2. The van der Waals surface area contributed by atoms with E-state index in [9.17, 15) is 4.79 Å². The van der Waals surface area contributed by atoms with Crippen molar-refractivity contribution in [3.05, 3.63) is 27.3 Å². The second-order valence-electron chi connectivity index (χ2n) is 2.26. The zero-order chi connectivity index (χ0) is 9.26. The maximum atomic E-state index is 10.6. The Morgan fingerprint density at radius 2 is 2.46 bits per heavy atom. The van der Waals surface area contributed by atoms with Crippen molar-refractivity contribution >= 4 is 33.6 Å². The van der Waals surface area contributed by atoms with E-state index in [0.29, 0.717) is 10.7 Å². The molecule has 0 N–H and O–H groups in total. The standard InChI is InChI=1S/C7H4BrN3OS/c8-5-1-10-11(2-5)7-6(3-12)13-4-9-7/h1-4H. The molecule has 0 saturated carbocycles. The first-order chi connectivity index (χ1) is 6.31. The first-order valence-corrected chi connectivity index (χ1v) is 5.07. The van der Waals surface area contributed by atoms with Crippen LogP contribution >= 0.6 is 27.3 Å². The lowest BCUT2D eigenvalue weighted by Gasteiger charge is -1.94. The Morgan fingerprint density at radius 1 is 1.62 bits per heavy atom. The molecule has 0 amide bonds. The number of hydrogen-bond donors (Lipinski definition) is 0. The molecule has 66 valence electrons. The molecule has 0 atom stereocenters. The zero-order valence-electron chi connectivity index (χ0n) is 6.35. The second kappa shape index (κ2) is 3.39. The van der Waals surface area contributed by atoms with E-state index in [4.69, 9.17) is 0 Å². The molecular weight excluding hydrogens is 254 g/mol. The highest BCUT2D eigenvalue weighted by Gasteiger charge is 2.07. The molecule has 2 aromatic heterocycles. The average molecular weight is 258 g/mol. The predicted molar refractivity (Wildman–Crippen MR) is 52.3 cm³/mol. The molecule has 2 heterocycles. The number of halogens is 1. The Kier molecular flexibility index (Phi) is 2.24. The Bertz CT molecular complexity index is 436. The Morgan fingerprint density at radius 3 is 3.08 bits per heavy atom. The molecule has 0 aliphatic rings. The zero-order valence-corrected chi connectivity index (χ0v) is 8.75. The summed E-state index contributed by atoms with van der Waals surface area (Å²) >= 11 is 4.57. The minimum absolute atomic E-state index is 0.575. The number of aldehydes is 1. The van der Waals surface area contributed by atoms with Gasteiger partial charge in [-0.25, -0.2) is 9.67 Å². The Labute approximate surface area is 86.3 Å². The molecule has 0 aromatic carbocycles. The lowest BCUT2D eigenvalue weighted by molar-refractivity contribution is 0.112. The van der Waals surface area contributed by atoms with Crippen LogP contribution in [0.4, 0.5) is 0 Å². The van der Waals surface area contributed by atoms with Crippen molar-refractivity contribution in [2.75, 3.05) is 0 Å². The SMILES string of the molecule is O=Cc1scnc1-n1cc(Br)cn1. The molecule has 0 radical (unpaired) electrons. The molecule has 0 unspecified atom stereocenters. The van der Waals surface area contributed by atoms with Crippen LogP contribution in [0.5, 0.6) is 0 Å². The summed E-state index contributed by atoms with van der Waals surface area (Å²) in [6, 6.07) is 0. The summed E-state index contributed by atoms with van der Waals surface area (Å²) in [7, 11) is 0. The molecule has 0 saturated heterocycles. The minimum Gasteiger partial charge on any atom is -0.297 e. The van der Waals surface area contributed by atoms with Gasteiger partial charge in [-0.2, -0.15) is 5.10 Å². The molecule has 6 heteroatoms. The van der Waals surface area contributed by atoms with Crippen molar-refractivity contribution in [1.82, 2.24) is 14.8 Å². The lowest BCUT2D eigenvalue weighted by atomic mass is 10.5. The van der Waals surface area contributed by atoms with Gasteiger partial charge in [-0.15, -0.1) is 11.3 Å². The fourth-order valence-electron chi connectivity index (χ4n) is 0.919. The fraction of sp³-hybridized carbons (Fsp3) is 0. The van der Waals surface area contributed by atoms with E-state index in [1.54, 1.807) is 22.6 Å². The van der Waals surface area contributed by atoms with E-state index in [-0.39, 0.29) is 0 Å². The third kappa shape index (κ3) is 1.54. The van der Waals surface area contributed by atoms with Crippen molar-refractivity contribution < 1.29 is 4.79 Å². The lowest BCUT2D eigenvalue weighted by Crippen LogP contribution is -1.97. The number of nitrogens with zero attached hydrogens (tertiary/aromatic N) is 3. The van der Waals surface area contributed by atoms with Crippen LogP contribution < -0.4 is 0 Å². The van der Waals surface area contributed by atoms with Crippen LogP contribution in [0, 0.1) is 0 Å². The van der Waals surface area contributed by atoms with Crippen LogP contribution in [0.15, 0.2) is 22.4 Å². The van der Waals surface area contributed by atoms with Crippen LogP contribution in [-0.4, -0.2) is 21.1 Å². The summed E-state index contributed by atoms with van der Waals surface area (Å²) in [5.41, 5.74) is 1.62. The van der Waals surface area contributed by atoms with Crippen molar-refractivity contribution in [2.45, 2.75) is 0 Å². The summed E-state index contributed by atoms with van der Waals surface area (Å²) in [6.45, 7) is 0. The minimum atomic E-state index is 0.575. The number of aromatic nitrogens is 3. The molecule has 0 aliphatic carbocycles. The van der Waals surface area contributed by atoms with E-state index in [0.717, 1.165) is 10.8 Å². The van der Waals surface area contributed by atoms with Gasteiger partial charge in [-0.3, -0.25) is 4.79 Å². The summed E-state index contributed by atoms with van der Waals surface area (Å²) in [4.78, 5) is 15.2. The van der Waals surface area contributed by atoms with Crippen LogP contribution in [-0.2, 0) is 0 Å². The topological polar surface area (TPSA) is 47.8 Å². The maximum absolute atomic E-state index is 10.6. The molecule has 2 aromatic rings. The van der Waals surface area contributed by atoms with Gasteiger partial charge in [0, 0.05) is 6.20 Å². The van der Waals surface area contributed by atoms with Crippen molar-refractivity contribution in [2.24, 2.45) is 0 Å². The van der Waals surface area contributed by atoms with Gasteiger partial charge in [0.25, 0.3) is 0 Å². The molecule has 4 nitrogen and oxygen atoms in total. The number of rotatable bonds is 2. The summed E-state index contributed by atoms with van der Waals surface area (Å²) in [6.07, 6.45) is 4.18. The van der Waals surface area contributed by atoms with Gasteiger partial charge in [-0.05, 0) is 15.9 Å². The highest BCUT2D eigenvalue weighted by atomic mass is 79.9. The number of carbonyl (C=O) groups excluding carboxylic acids is 1. The van der Waals surface area contributed by atoms with Crippen molar-refractivity contribution in [3.63, 3.8) is 0 Å². The molecule has 0 fully saturated rings. The van der Waals surface area contributed by atoms with E-state index in [2.05, 4.69) is 26.0 Å². The molecular formula is C7H4BrN3OS.